The second kappa shape index (κ2) is 10.2. The first kappa shape index (κ1) is 22.7. The molecule has 158 valence electrons. The van der Waals surface area contributed by atoms with Crippen molar-refractivity contribution >= 4 is 15.9 Å². The van der Waals surface area contributed by atoms with Crippen LogP contribution < -0.4 is 19.9 Å². The SMILES string of the molecule is COc1ccc(C(O)CCC(=O)NCCc2ccc(S(N)(=O)=O)cc2)c(OC)c1. The largest absolute Gasteiger partial charge is 0.497 e. The Morgan fingerprint density at radius 3 is 2.41 bits per heavy atom. The maximum Gasteiger partial charge on any atom is 0.238 e. The smallest absolute Gasteiger partial charge is 0.238 e. The number of aliphatic hydroxyl groups excluding tert-OH is 1. The number of carbonyl (C=O) groups is 1. The van der Waals surface area contributed by atoms with Crippen molar-refractivity contribution in [2.45, 2.75) is 30.3 Å². The lowest BCUT2D eigenvalue weighted by molar-refractivity contribution is -0.121. The Hall–Kier alpha value is -2.62. The van der Waals surface area contributed by atoms with E-state index in [-0.39, 0.29) is 23.6 Å². The van der Waals surface area contributed by atoms with E-state index in [0.717, 1.165) is 5.56 Å². The molecule has 0 saturated heterocycles. The van der Waals surface area contributed by atoms with Gasteiger partial charge in [-0.25, -0.2) is 13.6 Å². The highest BCUT2D eigenvalue weighted by Crippen LogP contribution is 2.31. The summed E-state index contributed by atoms with van der Waals surface area (Å²) >= 11 is 0. The highest BCUT2D eigenvalue weighted by atomic mass is 32.2. The summed E-state index contributed by atoms with van der Waals surface area (Å²) in [5, 5.41) is 18.2. The summed E-state index contributed by atoms with van der Waals surface area (Å²) in [6, 6.07) is 11.3. The van der Waals surface area contributed by atoms with Crippen molar-refractivity contribution in [2.24, 2.45) is 5.14 Å². The summed E-state index contributed by atoms with van der Waals surface area (Å²) in [5.41, 5.74) is 1.47. The Morgan fingerprint density at radius 2 is 1.83 bits per heavy atom. The van der Waals surface area contributed by atoms with Crippen LogP contribution in [0, 0.1) is 0 Å². The number of nitrogens with two attached hydrogens (primary N) is 1. The number of nitrogens with one attached hydrogen (secondary N) is 1. The fourth-order valence-corrected chi connectivity index (χ4v) is 3.31. The van der Waals surface area contributed by atoms with Crippen LogP contribution in [0.4, 0.5) is 0 Å². The Morgan fingerprint density at radius 1 is 1.14 bits per heavy atom. The Bertz CT molecular complexity index is 928. The number of aliphatic hydroxyl groups is 1. The summed E-state index contributed by atoms with van der Waals surface area (Å²) in [5.74, 6) is 0.936. The van der Waals surface area contributed by atoms with Gasteiger partial charge < -0.3 is 19.9 Å². The van der Waals surface area contributed by atoms with Crippen LogP contribution >= 0.6 is 0 Å². The second-order valence-corrected chi connectivity index (χ2v) is 8.01. The topological polar surface area (TPSA) is 128 Å². The lowest BCUT2D eigenvalue weighted by Crippen LogP contribution is -2.25. The van der Waals surface area contributed by atoms with E-state index in [1.54, 1.807) is 37.4 Å². The van der Waals surface area contributed by atoms with Crippen molar-refractivity contribution in [1.82, 2.24) is 5.32 Å². The molecule has 1 atom stereocenters. The number of sulfonamides is 1. The number of benzene rings is 2. The van der Waals surface area contributed by atoms with Gasteiger partial charge in [0.2, 0.25) is 15.9 Å². The predicted octanol–water partition coefficient (Wildman–Crippen LogP) is 1.52. The maximum absolute atomic E-state index is 12.0. The first-order valence-electron chi connectivity index (χ1n) is 9.03. The van der Waals surface area contributed by atoms with Gasteiger partial charge in [-0.2, -0.15) is 0 Å². The van der Waals surface area contributed by atoms with Crippen molar-refractivity contribution in [3.63, 3.8) is 0 Å². The van der Waals surface area contributed by atoms with Crippen molar-refractivity contribution in [2.75, 3.05) is 20.8 Å². The summed E-state index contributed by atoms with van der Waals surface area (Å²) in [4.78, 5) is 12.1. The summed E-state index contributed by atoms with van der Waals surface area (Å²) < 4.78 is 32.9. The molecular formula is C20H26N2O6S. The van der Waals surface area contributed by atoms with Crippen molar-refractivity contribution in [3.05, 3.63) is 53.6 Å². The Balaban J connectivity index is 1.80. The van der Waals surface area contributed by atoms with Crippen LogP contribution in [0.2, 0.25) is 0 Å². The van der Waals surface area contributed by atoms with E-state index in [0.29, 0.717) is 30.0 Å². The molecule has 0 aromatic heterocycles. The minimum atomic E-state index is -3.71. The average molecular weight is 423 g/mol. The van der Waals surface area contributed by atoms with Crippen LogP contribution in [-0.4, -0.2) is 40.2 Å². The third kappa shape index (κ3) is 6.74. The normalized spacial score (nSPS) is 12.3. The zero-order valence-corrected chi connectivity index (χ0v) is 17.2. The molecule has 0 bridgehead atoms. The molecule has 0 spiro atoms. The fourth-order valence-electron chi connectivity index (χ4n) is 2.80. The molecule has 0 aliphatic heterocycles. The Labute approximate surface area is 170 Å². The van der Waals surface area contributed by atoms with E-state index in [1.165, 1.54) is 19.2 Å². The van der Waals surface area contributed by atoms with E-state index in [1.807, 2.05) is 0 Å². The van der Waals surface area contributed by atoms with E-state index < -0.39 is 16.1 Å². The van der Waals surface area contributed by atoms with Crippen LogP contribution in [0.15, 0.2) is 47.4 Å². The highest BCUT2D eigenvalue weighted by molar-refractivity contribution is 7.89. The van der Waals surface area contributed by atoms with Gasteiger partial charge >= 0.3 is 0 Å². The molecule has 0 heterocycles. The van der Waals surface area contributed by atoms with Crippen LogP contribution in [0.5, 0.6) is 11.5 Å². The van der Waals surface area contributed by atoms with Gasteiger partial charge in [-0.3, -0.25) is 4.79 Å². The van der Waals surface area contributed by atoms with Gasteiger partial charge in [0, 0.05) is 24.6 Å². The van der Waals surface area contributed by atoms with Crippen molar-refractivity contribution in [1.29, 1.82) is 0 Å². The lowest BCUT2D eigenvalue weighted by Gasteiger charge is -2.15. The van der Waals surface area contributed by atoms with E-state index in [2.05, 4.69) is 5.32 Å². The van der Waals surface area contributed by atoms with Crippen molar-refractivity contribution < 1.29 is 27.8 Å². The third-order valence-corrected chi connectivity index (χ3v) is 5.36. The molecule has 0 saturated carbocycles. The average Bonchev–Trinajstić information content (AvgIpc) is 2.71. The first-order chi connectivity index (χ1) is 13.7. The van der Waals surface area contributed by atoms with Crippen molar-refractivity contribution in [3.8, 4) is 11.5 Å². The zero-order chi connectivity index (χ0) is 21.4. The summed E-state index contributed by atoms with van der Waals surface area (Å²) in [6.45, 7) is 0.398. The molecule has 29 heavy (non-hydrogen) atoms. The van der Waals surface area contributed by atoms with E-state index in [4.69, 9.17) is 14.6 Å². The molecule has 0 radical (unpaired) electrons. The monoisotopic (exact) mass is 422 g/mol. The number of hydrogen-bond donors (Lipinski definition) is 3. The number of ether oxygens (including phenoxy) is 2. The van der Waals surface area contributed by atoms with Crippen LogP contribution in [0.1, 0.15) is 30.1 Å². The molecule has 0 aliphatic carbocycles. The van der Waals surface area contributed by atoms with Gasteiger partial charge in [0.15, 0.2) is 0 Å². The fraction of sp³-hybridized carbons (Fsp3) is 0.350. The quantitative estimate of drug-likeness (QED) is 0.533. The van der Waals surface area contributed by atoms with Crippen LogP contribution in [-0.2, 0) is 21.2 Å². The molecule has 1 amide bonds. The minimum absolute atomic E-state index is 0.0493. The number of carbonyl (C=O) groups excluding carboxylic acids is 1. The first-order valence-corrected chi connectivity index (χ1v) is 10.6. The molecule has 4 N–H and O–H groups in total. The number of amides is 1. The molecule has 2 aromatic carbocycles. The summed E-state index contributed by atoms with van der Waals surface area (Å²) in [6.07, 6.45) is 0.108. The van der Waals surface area contributed by atoms with Gasteiger partial charge in [-0.1, -0.05) is 12.1 Å². The molecule has 0 aliphatic rings. The second-order valence-electron chi connectivity index (χ2n) is 6.45. The predicted molar refractivity (Wildman–Crippen MR) is 108 cm³/mol. The highest BCUT2D eigenvalue weighted by Gasteiger charge is 2.16. The van der Waals surface area contributed by atoms with Crippen LogP contribution in [0.25, 0.3) is 0 Å². The van der Waals surface area contributed by atoms with Crippen LogP contribution in [0.3, 0.4) is 0 Å². The maximum atomic E-state index is 12.0. The molecular weight excluding hydrogens is 396 g/mol. The molecule has 0 fully saturated rings. The van der Waals surface area contributed by atoms with Gasteiger partial charge in [-0.05, 0) is 42.7 Å². The third-order valence-electron chi connectivity index (χ3n) is 4.43. The summed E-state index contributed by atoms with van der Waals surface area (Å²) in [7, 11) is -0.658. The van der Waals surface area contributed by atoms with E-state index in [9.17, 15) is 18.3 Å². The molecule has 2 rings (SSSR count). The molecule has 9 heteroatoms. The van der Waals surface area contributed by atoms with Gasteiger partial charge in [0.25, 0.3) is 0 Å². The minimum Gasteiger partial charge on any atom is -0.497 e. The molecule has 8 nitrogen and oxygen atoms in total. The number of hydrogen-bond acceptors (Lipinski definition) is 6. The molecule has 1 unspecified atom stereocenters. The lowest BCUT2D eigenvalue weighted by atomic mass is 10.0. The zero-order valence-electron chi connectivity index (χ0n) is 16.4. The molecule has 2 aromatic rings. The number of methoxy groups -OCH3 is 2. The van der Waals surface area contributed by atoms with Gasteiger partial charge in [-0.15, -0.1) is 0 Å². The number of rotatable bonds is 10. The standard InChI is InChI=1S/C20H26N2O6S/c1-27-15-5-8-17(19(13-15)28-2)18(23)9-10-20(24)22-12-11-14-3-6-16(7-4-14)29(21,25)26/h3-8,13,18,23H,9-12H2,1-2H3,(H,22,24)(H2,21,25,26). The number of primary sulfonamides is 1. The van der Waals surface area contributed by atoms with Gasteiger partial charge in [0.1, 0.15) is 11.5 Å². The van der Waals surface area contributed by atoms with E-state index >= 15 is 0 Å². The van der Waals surface area contributed by atoms with Gasteiger partial charge in [0.05, 0.1) is 25.2 Å². The Kier molecular flexibility index (Phi) is 8.00.